The molecule has 0 bridgehead atoms. The number of thiophene rings is 1. The molecule has 2 aromatic rings. The van der Waals surface area contributed by atoms with Gasteiger partial charge in [-0.1, -0.05) is 6.07 Å². The number of carbonyl (C=O) groups excluding carboxylic acids is 3. The molecule has 3 heterocycles. The third kappa shape index (κ3) is 5.27. The van der Waals surface area contributed by atoms with E-state index in [1.165, 1.54) is 18.3 Å². The lowest BCUT2D eigenvalue weighted by Crippen LogP contribution is -2.48. The molecule has 1 aliphatic rings. The zero-order valence-corrected chi connectivity index (χ0v) is 15.7. The molecule has 0 aliphatic carbocycles. The van der Waals surface area contributed by atoms with E-state index < -0.39 is 0 Å². The Kier molecular flexibility index (Phi) is 6.02. The second kappa shape index (κ2) is 8.63. The minimum Gasteiger partial charge on any atom is -0.353 e. The Morgan fingerprint density at radius 3 is 2.85 bits per heavy atom. The molecular formula is C18H21N5O3S. The van der Waals surface area contributed by atoms with Crippen LogP contribution in [-0.4, -0.2) is 42.3 Å². The molecule has 0 aromatic carbocycles. The number of rotatable bonds is 6. The van der Waals surface area contributed by atoms with Gasteiger partial charge in [0, 0.05) is 24.9 Å². The summed E-state index contributed by atoms with van der Waals surface area (Å²) in [6.07, 6.45) is 1.70. The zero-order chi connectivity index (χ0) is 19.2. The highest BCUT2D eigenvalue weighted by Gasteiger charge is 2.19. The van der Waals surface area contributed by atoms with E-state index in [2.05, 4.69) is 20.9 Å². The molecule has 0 saturated carbocycles. The number of pyridine rings is 1. The van der Waals surface area contributed by atoms with Crippen LogP contribution in [0.15, 0.2) is 35.8 Å². The molecule has 1 atom stereocenters. The third-order valence-corrected chi connectivity index (χ3v) is 5.03. The smallest absolute Gasteiger partial charge is 0.239 e. The van der Waals surface area contributed by atoms with E-state index in [9.17, 15) is 14.4 Å². The fourth-order valence-corrected chi connectivity index (χ4v) is 3.61. The average molecular weight is 387 g/mol. The van der Waals surface area contributed by atoms with E-state index in [0.29, 0.717) is 24.6 Å². The molecule has 0 unspecified atom stereocenters. The summed E-state index contributed by atoms with van der Waals surface area (Å²) in [5.41, 5.74) is 0.568. The Bertz CT molecular complexity index is 807. The number of piperazine rings is 1. The number of hydrogen-bond donors (Lipinski definition) is 3. The van der Waals surface area contributed by atoms with Crippen LogP contribution in [0.3, 0.4) is 0 Å². The Hall–Kier alpha value is -2.94. The van der Waals surface area contributed by atoms with Gasteiger partial charge in [-0.15, -0.1) is 11.3 Å². The van der Waals surface area contributed by atoms with Crippen LogP contribution in [0.5, 0.6) is 0 Å². The van der Waals surface area contributed by atoms with Gasteiger partial charge < -0.3 is 20.9 Å². The Morgan fingerprint density at radius 1 is 1.37 bits per heavy atom. The van der Waals surface area contributed by atoms with Gasteiger partial charge in [0.05, 0.1) is 30.9 Å². The van der Waals surface area contributed by atoms with Crippen molar-refractivity contribution in [1.82, 2.24) is 15.6 Å². The summed E-state index contributed by atoms with van der Waals surface area (Å²) < 4.78 is 0. The van der Waals surface area contributed by atoms with Crippen LogP contribution in [0, 0.1) is 0 Å². The minimum atomic E-state index is -0.360. The lowest BCUT2D eigenvalue weighted by Gasteiger charge is -2.27. The van der Waals surface area contributed by atoms with E-state index in [1.807, 2.05) is 22.4 Å². The van der Waals surface area contributed by atoms with Crippen LogP contribution in [0.2, 0.25) is 0 Å². The summed E-state index contributed by atoms with van der Waals surface area (Å²) >= 11 is 1.49. The first-order chi connectivity index (χ1) is 13.0. The lowest BCUT2D eigenvalue weighted by atomic mass is 10.1. The van der Waals surface area contributed by atoms with E-state index in [0.717, 1.165) is 4.88 Å². The molecule has 3 rings (SSSR count). The molecule has 3 amide bonds. The summed E-state index contributed by atoms with van der Waals surface area (Å²) in [6.45, 7) is 3.00. The summed E-state index contributed by atoms with van der Waals surface area (Å²) in [5.74, 6) is 0.266. The maximum atomic E-state index is 12.4. The highest BCUT2D eigenvalue weighted by Crippen LogP contribution is 2.23. The molecule has 8 nitrogen and oxygen atoms in total. The first-order valence-corrected chi connectivity index (χ1v) is 9.47. The maximum absolute atomic E-state index is 12.4. The van der Waals surface area contributed by atoms with Gasteiger partial charge in [-0.2, -0.15) is 0 Å². The molecule has 1 saturated heterocycles. The number of hydrogen-bond acceptors (Lipinski definition) is 6. The predicted octanol–water partition coefficient (Wildman–Crippen LogP) is 1.29. The first-order valence-electron chi connectivity index (χ1n) is 8.59. The number of anilines is 2. The average Bonchev–Trinajstić information content (AvgIpc) is 3.16. The van der Waals surface area contributed by atoms with Crippen molar-refractivity contribution in [1.29, 1.82) is 0 Å². The summed E-state index contributed by atoms with van der Waals surface area (Å²) in [4.78, 5) is 42.4. The van der Waals surface area contributed by atoms with Crippen molar-refractivity contribution < 1.29 is 14.4 Å². The highest BCUT2D eigenvalue weighted by molar-refractivity contribution is 7.10. The Labute approximate surface area is 161 Å². The predicted molar refractivity (Wildman–Crippen MR) is 104 cm³/mol. The van der Waals surface area contributed by atoms with Gasteiger partial charge in [0.1, 0.15) is 5.82 Å². The number of nitrogens with zero attached hydrogens (tertiary/aromatic N) is 2. The van der Waals surface area contributed by atoms with Crippen molar-refractivity contribution in [3.8, 4) is 0 Å². The fraction of sp³-hybridized carbons (Fsp3) is 0.333. The maximum Gasteiger partial charge on any atom is 0.239 e. The van der Waals surface area contributed by atoms with Gasteiger partial charge in [0.15, 0.2) is 0 Å². The van der Waals surface area contributed by atoms with Crippen molar-refractivity contribution in [3.05, 3.63) is 40.7 Å². The van der Waals surface area contributed by atoms with Gasteiger partial charge in [-0.25, -0.2) is 4.98 Å². The van der Waals surface area contributed by atoms with Crippen LogP contribution in [-0.2, 0) is 14.4 Å². The normalized spacial score (nSPS) is 15.0. The standard InChI is InChI=1S/C18H21N5O3S/c1-12(24)21-14(15-3-2-8-27-15)9-17(25)22-13-4-5-16(20-10-13)23-7-6-19-18(26)11-23/h2-5,8,10,14H,6-7,9,11H2,1H3,(H,19,26)(H,21,24)(H,22,25)/t14-/m0/s1. The number of nitrogens with one attached hydrogen (secondary N) is 3. The lowest BCUT2D eigenvalue weighted by molar-refractivity contribution is -0.121. The summed E-state index contributed by atoms with van der Waals surface area (Å²) in [7, 11) is 0. The van der Waals surface area contributed by atoms with Gasteiger partial charge in [0.2, 0.25) is 17.7 Å². The van der Waals surface area contributed by atoms with Gasteiger partial charge in [-0.05, 0) is 23.6 Å². The largest absolute Gasteiger partial charge is 0.353 e. The van der Waals surface area contributed by atoms with Crippen LogP contribution >= 0.6 is 11.3 Å². The molecular weight excluding hydrogens is 366 g/mol. The van der Waals surface area contributed by atoms with Crippen molar-refractivity contribution in [2.24, 2.45) is 0 Å². The molecule has 1 aliphatic heterocycles. The Morgan fingerprint density at radius 2 is 2.22 bits per heavy atom. The summed E-state index contributed by atoms with van der Waals surface area (Å²) in [5, 5.41) is 10.3. The molecule has 1 fully saturated rings. The molecule has 0 spiro atoms. The van der Waals surface area contributed by atoms with Crippen molar-refractivity contribution in [2.45, 2.75) is 19.4 Å². The van der Waals surface area contributed by atoms with Gasteiger partial charge in [0.25, 0.3) is 0 Å². The third-order valence-electron chi connectivity index (χ3n) is 4.05. The van der Waals surface area contributed by atoms with Crippen molar-refractivity contribution >= 4 is 40.6 Å². The van der Waals surface area contributed by atoms with Gasteiger partial charge in [-0.3, -0.25) is 14.4 Å². The van der Waals surface area contributed by atoms with Crippen LogP contribution in [0.1, 0.15) is 24.3 Å². The summed E-state index contributed by atoms with van der Waals surface area (Å²) in [6, 6.07) is 6.95. The molecule has 3 N–H and O–H groups in total. The van der Waals surface area contributed by atoms with Crippen LogP contribution in [0.25, 0.3) is 0 Å². The molecule has 0 radical (unpaired) electrons. The van der Waals surface area contributed by atoms with E-state index in [-0.39, 0.29) is 36.7 Å². The monoisotopic (exact) mass is 387 g/mol. The minimum absolute atomic E-state index is 0.0296. The zero-order valence-electron chi connectivity index (χ0n) is 14.9. The number of aromatic nitrogens is 1. The van der Waals surface area contributed by atoms with E-state index in [1.54, 1.807) is 18.3 Å². The first kappa shape index (κ1) is 18.8. The molecule has 2 aromatic heterocycles. The second-order valence-corrected chi connectivity index (χ2v) is 7.18. The SMILES string of the molecule is CC(=O)N[C@@H](CC(=O)Nc1ccc(N2CCNC(=O)C2)nc1)c1cccs1. The second-order valence-electron chi connectivity index (χ2n) is 6.20. The molecule has 142 valence electrons. The van der Waals surface area contributed by atoms with Gasteiger partial charge >= 0.3 is 0 Å². The highest BCUT2D eigenvalue weighted by atomic mass is 32.1. The van der Waals surface area contributed by atoms with Crippen molar-refractivity contribution in [2.75, 3.05) is 29.9 Å². The number of amides is 3. The number of carbonyl (C=O) groups is 3. The van der Waals surface area contributed by atoms with Crippen molar-refractivity contribution in [3.63, 3.8) is 0 Å². The molecule has 9 heteroatoms. The van der Waals surface area contributed by atoms with Crippen LogP contribution < -0.4 is 20.9 Å². The fourth-order valence-electron chi connectivity index (χ4n) is 2.84. The molecule has 27 heavy (non-hydrogen) atoms. The Balaban J connectivity index is 1.59. The van der Waals surface area contributed by atoms with Crippen LogP contribution in [0.4, 0.5) is 11.5 Å². The topological polar surface area (TPSA) is 103 Å². The quantitative estimate of drug-likeness (QED) is 0.693. The van der Waals surface area contributed by atoms with E-state index >= 15 is 0 Å². The van der Waals surface area contributed by atoms with E-state index in [4.69, 9.17) is 0 Å².